The van der Waals surface area contributed by atoms with E-state index in [-0.39, 0.29) is 0 Å². The molecule has 0 atom stereocenters. The lowest BCUT2D eigenvalue weighted by Crippen LogP contribution is -2.33. The number of aliphatic imine (C=N–C) groups is 1. The van der Waals surface area contributed by atoms with Gasteiger partial charge in [0.15, 0.2) is 0 Å². The van der Waals surface area contributed by atoms with Crippen molar-refractivity contribution in [3.8, 4) is 0 Å². The smallest absolute Gasteiger partial charge is 0.200 e. The number of hydrogen-bond acceptors (Lipinski definition) is 2. The van der Waals surface area contributed by atoms with Crippen LogP contribution in [0.25, 0.3) is 0 Å². The summed E-state index contributed by atoms with van der Waals surface area (Å²) in [4.78, 5) is 7.43. The molecular weight excluding hydrogens is 394 g/mol. The van der Waals surface area contributed by atoms with Crippen molar-refractivity contribution in [2.24, 2.45) is 10.7 Å². The van der Waals surface area contributed by atoms with Gasteiger partial charge in [0.1, 0.15) is 0 Å². The van der Waals surface area contributed by atoms with Crippen LogP contribution in [0.15, 0.2) is 50.8 Å². The molecule has 0 spiro atoms. The van der Waals surface area contributed by atoms with Crippen molar-refractivity contribution in [2.75, 3.05) is 18.2 Å². The van der Waals surface area contributed by atoms with Crippen molar-refractivity contribution >= 4 is 56.6 Å². The molecule has 2 aromatic rings. The fourth-order valence-electron chi connectivity index (χ4n) is 2.07. The van der Waals surface area contributed by atoms with Gasteiger partial charge in [-0.1, -0.05) is 30.7 Å². The summed E-state index contributed by atoms with van der Waals surface area (Å²) in [6, 6.07) is 12.1. The Morgan fingerprint density at radius 3 is 2.74 bits per heavy atom. The van der Waals surface area contributed by atoms with Crippen LogP contribution in [-0.2, 0) is 6.42 Å². The fraction of sp³-hybridized carbons (Fsp3) is 0.235. The molecule has 0 aliphatic rings. The maximum Gasteiger partial charge on any atom is 0.200 e. The zero-order chi connectivity index (χ0) is 17.0. The predicted molar refractivity (Wildman–Crippen MR) is 106 cm³/mol. The SMILES string of the molecule is CCc1cccc(N(C)C(N)=Nc2cc(SC)cc(Br)c2Cl)c1. The van der Waals surface area contributed by atoms with E-state index in [2.05, 4.69) is 40.0 Å². The summed E-state index contributed by atoms with van der Waals surface area (Å²) in [6.45, 7) is 2.13. The molecule has 0 amide bonds. The van der Waals surface area contributed by atoms with Crippen LogP contribution in [0.5, 0.6) is 0 Å². The van der Waals surface area contributed by atoms with Gasteiger partial charge in [-0.05, 0) is 58.4 Å². The van der Waals surface area contributed by atoms with E-state index in [1.807, 2.05) is 42.5 Å². The summed E-state index contributed by atoms with van der Waals surface area (Å²) < 4.78 is 0.813. The van der Waals surface area contributed by atoms with Gasteiger partial charge < -0.3 is 10.6 Å². The Hall–Kier alpha value is -1.17. The van der Waals surface area contributed by atoms with Crippen LogP contribution in [0.2, 0.25) is 5.02 Å². The van der Waals surface area contributed by atoms with Crippen LogP contribution in [-0.4, -0.2) is 19.3 Å². The molecule has 2 aromatic carbocycles. The zero-order valence-corrected chi connectivity index (χ0v) is 16.5. The second-order valence-corrected chi connectivity index (χ2v) is 7.11. The number of nitrogens with zero attached hydrogens (tertiary/aromatic N) is 2. The number of thioether (sulfide) groups is 1. The first-order valence-corrected chi connectivity index (χ1v) is 9.55. The highest BCUT2D eigenvalue weighted by Gasteiger charge is 2.10. The fourth-order valence-corrected chi connectivity index (χ4v) is 3.28. The minimum absolute atomic E-state index is 0.394. The van der Waals surface area contributed by atoms with E-state index < -0.39 is 0 Å². The number of nitrogens with two attached hydrogens (primary N) is 1. The van der Waals surface area contributed by atoms with E-state index in [1.165, 1.54) is 5.56 Å². The molecule has 122 valence electrons. The molecule has 0 saturated carbocycles. The molecule has 6 heteroatoms. The van der Waals surface area contributed by atoms with E-state index >= 15 is 0 Å². The van der Waals surface area contributed by atoms with Crippen LogP contribution in [0.1, 0.15) is 12.5 Å². The summed E-state index contributed by atoms with van der Waals surface area (Å²) in [5.74, 6) is 0.394. The Morgan fingerprint density at radius 2 is 2.09 bits per heavy atom. The van der Waals surface area contributed by atoms with Crippen molar-refractivity contribution in [2.45, 2.75) is 18.2 Å². The van der Waals surface area contributed by atoms with Crippen molar-refractivity contribution in [1.82, 2.24) is 0 Å². The maximum atomic E-state index is 6.33. The topological polar surface area (TPSA) is 41.6 Å². The maximum absolute atomic E-state index is 6.33. The largest absolute Gasteiger partial charge is 0.369 e. The molecule has 2 rings (SSSR count). The van der Waals surface area contributed by atoms with Crippen LogP contribution in [0.3, 0.4) is 0 Å². The predicted octanol–water partition coefficient (Wildman–Crippen LogP) is 5.47. The van der Waals surface area contributed by atoms with E-state index in [1.54, 1.807) is 11.8 Å². The molecule has 0 aliphatic heterocycles. The Labute approximate surface area is 155 Å². The van der Waals surface area contributed by atoms with Gasteiger partial charge in [0.05, 0.1) is 10.7 Å². The number of rotatable bonds is 4. The molecule has 0 radical (unpaired) electrons. The molecule has 23 heavy (non-hydrogen) atoms. The van der Waals surface area contributed by atoms with E-state index in [0.29, 0.717) is 16.7 Å². The summed E-state index contributed by atoms with van der Waals surface area (Å²) in [5, 5.41) is 0.557. The van der Waals surface area contributed by atoms with E-state index in [4.69, 9.17) is 17.3 Å². The third-order valence-corrected chi connectivity index (χ3v) is 5.46. The van der Waals surface area contributed by atoms with Gasteiger partial charge in [-0.3, -0.25) is 0 Å². The van der Waals surface area contributed by atoms with E-state index in [9.17, 15) is 0 Å². The number of hydrogen-bond donors (Lipinski definition) is 1. The summed E-state index contributed by atoms with van der Waals surface area (Å²) in [5.41, 5.74) is 9.09. The molecule has 0 fully saturated rings. The van der Waals surface area contributed by atoms with Gasteiger partial charge in [0.2, 0.25) is 5.96 Å². The molecule has 0 heterocycles. The van der Waals surface area contributed by atoms with Crippen molar-refractivity contribution in [3.63, 3.8) is 0 Å². The minimum Gasteiger partial charge on any atom is -0.369 e. The first kappa shape index (κ1) is 18.2. The quantitative estimate of drug-likeness (QED) is 0.411. The lowest BCUT2D eigenvalue weighted by atomic mass is 10.1. The lowest BCUT2D eigenvalue weighted by molar-refractivity contribution is 1.13. The molecule has 3 nitrogen and oxygen atoms in total. The van der Waals surface area contributed by atoms with Gasteiger partial charge in [0, 0.05) is 22.1 Å². The normalized spacial score (nSPS) is 11.6. The molecular formula is C17H19BrClN3S. The number of halogens is 2. The number of guanidine groups is 1. The second kappa shape index (κ2) is 8.08. The Balaban J connectivity index is 2.37. The van der Waals surface area contributed by atoms with Crippen LogP contribution in [0, 0.1) is 0 Å². The molecule has 0 aliphatic carbocycles. The van der Waals surface area contributed by atoms with Crippen LogP contribution >= 0.6 is 39.3 Å². The van der Waals surface area contributed by atoms with Crippen LogP contribution < -0.4 is 10.6 Å². The van der Waals surface area contributed by atoms with Gasteiger partial charge in [-0.15, -0.1) is 11.8 Å². The third-order valence-electron chi connectivity index (χ3n) is 3.50. The molecule has 0 saturated heterocycles. The second-order valence-electron chi connectivity index (χ2n) is 4.99. The lowest BCUT2D eigenvalue weighted by Gasteiger charge is -2.19. The van der Waals surface area contributed by atoms with Crippen LogP contribution in [0.4, 0.5) is 11.4 Å². The summed E-state index contributed by atoms with van der Waals surface area (Å²) in [7, 11) is 1.90. The number of benzene rings is 2. The highest BCUT2D eigenvalue weighted by molar-refractivity contribution is 9.10. The number of anilines is 1. The standard InChI is InChI=1S/C17H19BrClN3S/c1-4-11-6-5-7-12(8-11)22(2)17(20)21-15-10-13(23-3)9-14(18)16(15)19/h5-10H,4H2,1-3H3,(H2,20,21). The molecule has 0 bridgehead atoms. The average Bonchev–Trinajstić information content (AvgIpc) is 2.57. The van der Waals surface area contributed by atoms with Gasteiger partial charge in [-0.2, -0.15) is 0 Å². The average molecular weight is 413 g/mol. The monoisotopic (exact) mass is 411 g/mol. The van der Waals surface area contributed by atoms with Gasteiger partial charge in [0.25, 0.3) is 0 Å². The molecule has 0 unspecified atom stereocenters. The third kappa shape index (κ3) is 4.43. The Bertz CT molecular complexity index is 734. The first-order valence-electron chi connectivity index (χ1n) is 7.16. The highest BCUT2D eigenvalue weighted by atomic mass is 79.9. The minimum atomic E-state index is 0.394. The van der Waals surface area contributed by atoms with Crippen molar-refractivity contribution in [3.05, 3.63) is 51.5 Å². The highest BCUT2D eigenvalue weighted by Crippen LogP contribution is 2.36. The zero-order valence-electron chi connectivity index (χ0n) is 13.3. The summed E-state index contributed by atoms with van der Waals surface area (Å²) in [6.07, 6.45) is 2.99. The van der Waals surface area contributed by atoms with Crippen molar-refractivity contribution in [1.29, 1.82) is 0 Å². The van der Waals surface area contributed by atoms with Crippen molar-refractivity contribution < 1.29 is 0 Å². The number of aryl methyl sites for hydroxylation is 1. The first-order chi connectivity index (χ1) is 11.0. The van der Waals surface area contributed by atoms with Gasteiger partial charge in [-0.25, -0.2) is 4.99 Å². The Morgan fingerprint density at radius 1 is 1.35 bits per heavy atom. The van der Waals surface area contributed by atoms with Gasteiger partial charge >= 0.3 is 0 Å². The summed E-state index contributed by atoms with van der Waals surface area (Å²) >= 11 is 11.4. The van der Waals surface area contributed by atoms with E-state index in [0.717, 1.165) is 21.5 Å². The molecule has 2 N–H and O–H groups in total. The molecule has 0 aromatic heterocycles. The Kier molecular flexibility index (Phi) is 6.39.